The summed E-state index contributed by atoms with van der Waals surface area (Å²) in [5, 5.41) is 22.6. The Hall–Kier alpha value is -0.370. The molecule has 0 bridgehead atoms. The number of ether oxygens (including phenoxy) is 2. The first kappa shape index (κ1) is 24.3. The first-order valence-corrected chi connectivity index (χ1v) is 13.4. The SMILES string of the molecule is CO[C@@H]1[C@H](O)CC[C@](O)(C[S+](C)Cc2cccc(Br)c2)[C@H]1[C@@]1(C)O[C@@H]1CC=C(C)C. The van der Waals surface area contributed by atoms with Crippen LogP contribution in [0.25, 0.3) is 0 Å². The van der Waals surface area contributed by atoms with Crippen molar-refractivity contribution in [2.24, 2.45) is 5.92 Å². The van der Waals surface area contributed by atoms with Gasteiger partial charge in [0.25, 0.3) is 0 Å². The maximum atomic E-state index is 11.9. The van der Waals surface area contributed by atoms with E-state index in [0.29, 0.717) is 18.6 Å². The number of rotatable bonds is 8. The smallest absolute Gasteiger partial charge is 0.137 e. The van der Waals surface area contributed by atoms with Crippen LogP contribution < -0.4 is 0 Å². The molecule has 7 atom stereocenters. The standard InChI is InChI=1S/C24H36BrO4S/c1-16(2)9-10-20-23(3,29-20)22-21(28-4)19(26)11-12-24(22,27)15-30(5)14-17-7-6-8-18(25)13-17/h6-9,13,19-22,26-27H,10-12,14-15H2,1-5H3/q+1/t19-,20-,21-,22-,23+,24+,30?/m1/s1. The van der Waals surface area contributed by atoms with E-state index in [1.807, 2.05) is 6.07 Å². The van der Waals surface area contributed by atoms with Crippen LogP contribution in [-0.2, 0) is 26.1 Å². The molecule has 0 radical (unpaired) electrons. The van der Waals surface area contributed by atoms with E-state index in [9.17, 15) is 10.2 Å². The fraction of sp³-hybridized carbons (Fsp3) is 0.667. The molecular formula is C24H36BrO4S+. The fourth-order valence-corrected chi connectivity index (χ4v) is 7.59. The lowest BCUT2D eigenvalue weighted by atomic mass is 9.66. The molecular weight excluding hydrogens is 464 g/mol. The lowest BCUT2D eigenvalue weighted by Crippen LogP contribution is -2.62. The van der Waals surface area contributed by atoms with E-state index in [2.05, 4.69) is 67.2 Å². The monoisotopic (exact) mass is 499 g/mol. The van der Waals surface area contributed by atoms with Crippen molar-refractivity contribution in [3.63, 3.8) is 0 Å². The van der Waals surface area contributed by atoms with Gasteiger partial charge in [-0.15, -0.1) is 0 Å². The van der Waals surface area contributed by atoms with Gasteiger partial charge in [-0.05, 0) is 63.1 Å². The van der Waals surface area contributed by atoms with Gasteiger partial charge in [-0.3, -0.25) is 0 Å². The Bertz CT molecular complexity index is 767. The lowest BCUT2D eigenvalue weighted by Gasteiger charge is -2.47. The van der Waals surface area contributed by atoms with Gasteiger partial charge in [-0.2, -0.15) is 0 Å². The number of hydrogen-bond donors (Lipinski definition) is 2. The Morgan fingerprint density at radius 1 is 1.40 bits per heavy atom. The summed E-state index contributed by atoms with van der Waals surface area (Å²) >= 11 is 3.55. The average Bonchev–Trinajstić information content (AvgIpc) is 3.32. The van der Waals surface area contributed by atoms with Gasteiger partial charge in [0.15, 0.2) is 0 Å². The molecule has 4 nitrogen and oxygen atoms in total. The minimum atomic E-state index is -0.918. The quantitative estimate of drug-likeness (QED) is 0.319. The molecule has 2 fully saturated rings. The van der Waals surface area contributed by atoms with Crippen molar-refractivity contribution < 1.29 is 19.7 Å². The van der Waals surface area contributed by atoms with E-state index >= 15 is 0 Å². The second kappa shape index (κ2) is 9.63. The Morgan fingerprint density at radius 3 is 2.77 bits per heavy atom. The van der Waals surface area contributed by atoms with Crippen molar-refractivity contribution in [3.05, 3.63) is 46.0 Å². The minimum absolute atomic E-state index is 0.0199. The molecule has 1 heterocycles. The van der Waals surface area contributed by atoms with Crippen LogP contribution in [0.2, 0.25) is 0 Å². The Morgan fingerprint density at radius 2 is 2.13 bits per heavy atom. The van der Waals surface area contributed by atoms with Crippen LogP contribution in [-0.4, -0.2) is 58.8 Å². The summed E-state index contributed by atoms with van der Waals surface area (Å²) in [6.45, 7) is 6.25. The van der Waals surface area contributed by atoms with Gasteiger partial charge < -0.3 is 19.7 Å². The summed E-state index contributed by atoms with van der Waals surface area (Å²) in [5.74, 6) is 1.35. The molecule has 3 rings (SSSR count). The summed E-state index contributed by atoms with van der Waals surface area (Å²) in [6, 6.07) is 8.37. The molecule has 1 aliphatic heterocycles. The van der Waals surface area contributed by atoms with Crippen molar-refractivity contribution in [1.29, 1.82) is 0 Å². The summed E-state index contributed by atoms with van der Waals surface area (Å²) in [4.78, 5) is 0. The molecule has 1 saturated heterocycles. The molecule has 1 aromatic rings. The molecule has 30 heavy (non-hydrogen) atoms. The van der Waals surface area contributed by atoms with Crippen LogP contribution >= 0.6 is 15.9 Å². The zero-order valence-electron chi connectivity index (χ0n) is 18.7. The van der Waals surface area contributed by atoms with E-state index in [-0.39, 0.29) is 22.9 Å². The molecule has 6 heteroatoms. The van der Waals surface area contributed by atoms with Gasteiger partial charge in [-0.25, -0.2) is 0 Å². The minimum Gasteiger partial charge on any atom is -0.390 e. The predicted octanol–water partition coefficient (Wildman–Crippen LogP) is 4.23. The highest BCUT2D eigenvalue weighted by molar-refractivity contribution is 9.10. The summed E-state index contributed by atoms with van der Waals surface area (Å²) in [7, 11) is 1.62. The number of epoxide rings is 1. The lowest BCUT2D eigenvalue weighted by molar-refractivity contribution is -0.169. The zero-order valence-corrected chi connectivity index (χ0v) is 21.1. The van der Waals surface area contributed by atoms with Crippen LogP contribution in [0.1, 0.15) is 45.6 Å². The number of hydrogen-bond acceptors (Lipinski definition) is 4. The number of aliphatic hydroxyl groups is 2. The number of methoxy groups -OCH3 is 1. The summed E-state index contributed by atoms with van der Waals surface area (Å²) < 4.78 is 13.0. The molecule has 2 N–H and O–H groups in total. The third-order valence-corrected chi connectivity index (χ3v) is 8.88. The normalized spacial score (nSPS) is 36.9. The molecule has 1 unspecified atom stereocenters. The molecule has 1 saturated carbocycles. The van der Waals surface area contributed by atoms with Gasteiger partial charge in [0.05, 0.1) is 30.5 Å². The maximum absolute atomic E-state index is 11.9. The van der Waals surface area contributed by atoms with E-state index in [4.69, 9.17) is 9.47 Å². The van der Waals surface area contributed by atoms with E-state index < -0.39 is 23.4 Å². The zero-order chi connectivity index (χ0) is 22.1. The molecule has 2 aliphatic rings. The van der Waals surface area contributed by atoms with Crippen molar-refractivity contribution in [2.75, 3.05) is 19.1 Å². The van der Waals surface area contributed by atoms with Crippen LogP contribution in [0.5, 0.6) is 0 Å². The van der Waals surface area contributed by atoms with Gasteiger partial charge in [0.1, 0.15) is 22.7 Å². The first-order valence-electron chi connectivity index (χ1n) is 10.7. The number of aliphatic hydroxyl groups excluding tert-OH is 1. The van der Waals surface area contributed by atoms with Gasteiger partial charge >= 0.3 is 0 Å². The molecule has 0 amide bonds. The first-order chi connectivity index (χ1) is 14.1. The van der Waals surface area contributed by atoms with Crippen molar-refractivity contribution >= 4 is 26.8 Å². The third-order valence-electron chi connectivity index (χ3n) is 6.57. The molecule has 0 spiro atoms. The highest BCUT2D eigenvalue weighted by Crippen LogP contribution is 2.54. The number of benzene rings is 1. The van der Waals surface area contributed by atoms with Crippen molar-refractivity contribution in [1.82, 2.24) is 0 Å². The second-order valence-corrected chi connectivity index (χ2v) is 12.5. The molecule has 1 aliphatic carbocycles. The van der Waals surface area contributed by atoms with Gasteiger partial charge in [0, 0.05) is 17.1 Å². The number of allylic oxidation sites excluding steroid dienone is 1. The maximum Gasteiger partial charge on any atom is 0.137 e. The highest BCUT2D eigenvalue weighted by Gasteiger charge is 2.68. The largest absolute Gasteiger partial charge is 0.390 e. The number of halogens is 1. The van der Waals surface area contributed by atoms with Crippen LogP contribution in [0.15, 0.2) is 40.4 Å². The van der Waals surface area contributed by atoms with Gasteiger partial charge in [0.2, 0.25) is 0 Å². The fourth-order valence-electron chi connectivity index (χ4n) is 5.12. The van der Waals surface area contributed by atoms with E-state index in [1.165, 1.54) is 11.1 Å². The predicted molar refractivity (Wildman–Crippen MR) is 128 cm³/mol. The van der Waals surface area contributed by atoms with Crippen LogP contribution in [0, 0.1) is 5.92 Å². The Labute approximate surface area is 192 Å². The topological polar surface area (TPSA) is 62.2 Å². The third kappa shape index (κ3) is 5.33. The molecule has 0 aromatic heterocycles. The van der Waals surface area contributed by atoms with Crippen LogP contribution in [0.3, 0.4) is 0 Å². The second-order valence-electron chi connectivity index (χ2n) is 9.40. The molecule has 1 aromatic carbocycles. The Balaban J connectivity index is 1.80. The van der Waals surface area contributed by atoms with Crippen molar-refractivity contribution in [3.8, 4) is 0 Å². The van der Waals surface area contributed by atoms with E-state index in [1.54, 1.807) is 7.11 Å². The summed E-state index contributed by atoms with van der Waals surface area (Å²) in [6.07, 6.45) is 5.41. The van der Waals surface area contributed by atoms with Gasteiger partial charge in [-0.1, -0.05) is 39.7 Å². The Kier molecular flexibility index (Phi) is 7.80. The molecule has 168 valence electrons. The van der Waals surface area contributed by atoms with Crippen LogP contribution in [0.4, 0.5) is 0 Å². The summed E-state index contributed by atoms with van der Waals surface area (Å²) in [5.41, 5.74) is 1.13. The van der Waals surface area contributed by atoms with Crippen molar-refractivity contribution in [2.45, 2.75) is 75.3 Å². The highest BCUT2D eigenvalue weighted by atomic mass is 79.9. The van der Waals surface area contributed by atoms with E-state index in [0.717, 1.165) is 16.6 Å². The average molecular weight is 501 g/mol.